The molecule has 0 amide bonds. The Morgan fingerprint density at radius 2 is 1.73 bits per heavy atom. The van der Waals surface area contributed by atoms with E-state index in [9.17, 15) is 5.11 Å². The SMILES string of the molecule is CC(C)NC(C)(CO)CC(C)SC(C)C. The minimum absolute atomic E-state index is 0.143. The van der Waals surface area contributed by atoms with E-state index >= 15 is 0 Å². The molecule has 0 saturated heterocycles. The molecule has 0 aromatic heterocycles. The van der Waals surface area contributed by atoms with Crippen LogP contribution >= 0.6 is 11.8 Å². The monoisotopic (exact) mass is 233 g/mol. The molecule has 0 aromatic rings. The number of rotatable bonds is 7. The molecular weight excluding hydrogens is 206 g/mol. The van der Waals surface area contributed by atoms with E-state index in [2.05, 4.69) is 46.9 Å². The van der Waals surface area contributed by atoms with Crippen molar-refractivity contribution in [2.75, 3.05) is 6.61 Å². The minimum atomic E-state index is -0.143. The van der Waals surface area contributed by atoms with Crippen LogP contribution in [-0.2, 0) is 0 Å². The third-order valence-electron chi connectivity index (χ3n) is 2.23. The van der Waals surface area contributed by atoms with Gasteiger partial charge in [0, 0.05) is 16.8 Å². The van der Waals surface area contributed by atoms with Gasteiger partial charge in [-0.05, 0) is 18.6 Å². The number of nitrogens with one attached hydrogen (secondary N) is 1. The van der Waals surface area contributed by atoms with Gasteiger partial charge in [-0.3, -0.25) is 0 Å². The number of aliphatic hydroxyl groups excluding tert-OH is 1. The van der Waals surface area contributed by atoms with Crippen LogP contribution < -0.4 is 5.32 Å². The average molecular weight is 233 g/mol. The molecule has 0 saturated carbocycles. The van der Waals surface area contributed by atoms with Gasteiger partial charge in [0.1, 0.15) is 0 Å². The van der Waals surface area contributed by atoms with Crippen LogP contribution in [0.4, 0.5) is 0 Å². The zero-order valence-corrected chi connectivity index (χ0v) is 11.8. The summed E-state index contributed by atoms with van der Waals surface area (Å²) < 4.78 is 0. The molecule has 15 heavy (non-hydrogen) atoms. The molecule has 0 aliphatic rings. The van der Waals surface area contributed by atoms with Crippen LogP contribution in [0.15, 0.2) is 0 Å². The van der Waals surface area contributed by atoms with E-state index in [-0.39, 0.29) is 12.1 Å². The Morgan fingerprint density at radius 1 is 1.20 bits per heavy atom. The van der Waals surface area contributed by atoms with E-state index in [0.717, 1.165) is 6.42 Å². The normalized spacial score (nSPS) is 18.2. The van der Waals surface area contributed by atoms with Gasteiger partial charge in [0.15, 0.2) is 0 Å². The van der Waals surface area contributed by atoms with E-state index < -0.39 is 0 Å². The van der Waals surface area contributed by atoms with Crippen LogP contribution in [0, 0.1) is 0 Å². The van der Waals surface area contributed by atoms with E-state index in [0.29, 0.717) is 16.5 Å². The molecule has 0 spiro atoms. The Morgan fingerprint density at radius 3 is 2.07 bits per heavy atom. The molecule has 2 atom stereocenters. The number of hydrogen-bond donors (Lipinski definition) is 2. The number of aliphatic hydroxyl groups is 1. The number of thioether (sulfide) groups is 1. The Kier molecular flexibility index (Phi) is 6.89. The first-order valence-electron chi connectivity index (χ1n) is 5.83. The maximum Gasteiger partial charge on any atom is 0.0611 e. The maximum absolute atomic E-state index is 9.45. The zero-order valence-electron chi connectivity index (χ0n) is 11.0. The lowest BCUT2D eigenvalue weighted by Crippen LogP contribution is -2.50. The van der Waals surface area contributed by atoms with Crippen molar-refractivity contribution in [1.82, 2.24) is 5.32 Å². The predicted molar refractivity (Wildman–Crippen MR) is 70.6 cm³/mol. The summed E-state index contributed by atoms with van der Waals surface area (Å²) in [5.41, 5.74) is -0.143. The lowest BCUT2D eigenvalue weighted by atomic mass is 9.96. The van der Waals surface area contributed by atoms with Crippen LogP contribution in [0.3, 0.4) is 0 Å². The number of hydrogen-bond acceptors (Lipinski definition) is 3. The lowest BCUT2D eigenvalue weighted by molar-refractivity contribution is 0.157. The smallest absolute Gasteiger partial charge is 0.0611 e. The molecule has 2 unspecified atom stereocenters. The fourth-order valence-electron chi connectivity index (χ4n) is 2.01. The van der Waals surface area contributed by atoms with Crippen molar-refractivity contribution in [3.05, 3.63) is 0 Å². The van der Waals surface area contributed by atoms with Crippen LogP contribution in [0.2, 0.25) is 0 Å². The van der Waals surface area contributed by atoms with Crippen molar-refractivity contribution in [2.45, 2.75) is 70.0 Å². The first-order valence-corrected chi connectivity index (χ1v) is 6.77. The van der Waals surface area contributed by atoms with Gasteiger partial charge in [0.05, 0.1) is 6.61 Å². The van der Waals surface area contributed by atoms with Gasteiger partial charge in [-0.1, -0.05) is 34.6 Å². The van der Waals surface area contributed by atoms with Crippen molar-refractivity contribution in [3.63, 3.8) is 0 Å². The standard InChI is InChI=1S/C12H27NOS/c1-9(2)13-12(6,8-14)7-11(5)15-10(3)4/h9-11,13-14H,7-8H2,1-6H3. The molecule has 0 radical (unpaired) electrons. The highest BCUT2D eigenvalue weighted by molar-refractivity contribution is 8.00. The van der Waals surface area contributed by atoms with E-state index in [4.69, 9.17) is 0 Å². The molecule has 92 valence electrons. The third kappa shape index (κ3) is 7.20. The van der Waals surface area contributed by atoms with Crippen LogP contribution in [0.25, 0.3) is 0 Å². The van der Waals surface area contributed by atoms with Gasteiger partial charge in [-0.25, -0.2) is 0 Å². The largest absolute Gasteiger partial charge is 0.394 e. The Labute approximate surface area is 99.2 Å². The summed E-state index contributed by atoms with van der Waals surface area (Å²) in [6.45, 7) is 13.2. The fourth-order valence-corrected chi connectivity index (χ4v) is 3.41. The van der Waals surface area contributed by atoms with Crippen molar-refractivity contribution in [3.8, 4) is 0 Å². The van der Waals surface area contributed by atoms with Gasteiger partial charge in [-0.15, -0.1) is 0 Å². The molecule has 0 rings (SSSR count). The first-order chi connectivity index (χ1) is 6.79. The van der Waals surface area contributed by atoms with Crippen molar-refractivity contribution in [2.24, 2.45) is 0 Å². The molecule has 0 aliphatic carbocycles. The second-order valence-corrected chi connectivity index (χ2v) is 7.24. The average Bonchev–Trinajstić information content (AvgIpc) is 2.00. The van der Waals surface area contributed by atoms with E-state index in [1.807, 2.05) is 11.8 Å². The summed E-state index contributed by atoms with van der Waals surface area (Å²) in [7, 11) is 0. The summed E-state index contributed by atoms with van der Waals surface area (Å²) in [6, 6.07) is 0.415. The second-order valence-electron chi connectivity index (χ2n) is 5.22. The van der Waals surface area contributed by atoms with Gasteiger partial charge in [-0.2, -0.15) is 11.8 Å². The molecule has 3 heteroatoms. The topological polar surface area (TPSA) is 32.3 Å². The van der Waals surface area contributed by atoms with Gasteiger partial charge in [0.25, 0.3) is 0 Å². The molecule has 0 bridgehead atoms. The van der Waals surface area contributed by atoms with E-state index in [1.165, 1.54) is 0 Å². The Hall–Kier alpha value is 0.270. The highest BCUT2D eigenvalue weighted by atomic mass is 32.2. The highest BCUT2D eigenvalue weighted by Gasteiger charge is 2.26. The molecule has 0 heterocycles. The van der Waals surface area contributed by atoms with Gasteiger partial charge < -0.3 is 10.4 Å². The molecule has 2 nitrogen and oxygen atoms in total. The summed E-state index contributed by atoms with van der Waals surface area (Å²) >= 11 is 1.97. The molecule has 2 N–H and O–H groups in total. The molecule has 0 aliphatic heterocycles. The quantitative estimate of drug-likeness (QED) is 0.709. The molecule has 0 aromatic carbocycles. The van der Waals surface area contributed by atoms with Crippen LogP contribution in [0.1, 0.15) is 48.0 Å². The summed E-state index contributed by atoms with van der Waals surface area (Å²) in [5, 5.41) is 14.1. The predicted octanol–water partition coefficient (Wildman–Crippen LogP) is 2.66. The van der Waals surface area contributed by atoms with Crippen molar-refractivity contribution >= 4 is 11.8 Å². The zero-order chi connectivity index (χ0) is 12.1. The minimum Gasteiger partial charge on any atom is -0.394 e. The Balaban J connectivity index is 4.17. The maximum atomic E-state index is 9.45. The Bertz CT molecular complexity index is 173. The van der Waals surface area contributed by atoms with E-state index in [1.54, 1.807) is 0 Å². The van der Waals surface area contributed by atoms with Crippen molar-refractivity contribution in [1.29, 1.82) is 0 Å². The molecular formula is C12H27NOS. The summed E-state index contributed by atoms with van der Waals surface area (Å²) in [6.07, 6.45) is 1.00. The summed E-state index contributed by atoms with van der Waals surface area (Å²) in [5.74, 6) is 0. The van der Waals surface area contributed by atoms with Crippen molar-refractivity contribution < 1.29 is 5.11 Å². The van der Waals surface area contributed by atoms with Gasteiger partial charge >= 0.3 is 0 Å². The van der Waals surface area contributed by atoms with Crippen LogP contribution in [0.5, 0.6) is 0 Å². The first kappa shape index (κ1) is 15.3. The summed E-state index contributed by atoms with van der Waals surface area (Å²) in [4.78, 5) is 0. The lowest BCUT2D eigenvalue weighted by Gasteiger charge is -2.33. The van der Waals surface area contributed by atoms with Gasteiger partial charge in [0.2, 0.25) is 0 Å². The fraction of sp³-hybridized carbons (Fsp3) is 1.00. The third-order valence-corrected chi connectivity index (χ3v) is 3.40. The van der Waals surface area contributed by atoms with Crippen LogP contribution in [-0.4, -0.2) is 33.8 Å². The molecule has 0 fully saturated rings. The second kappa shape index (κ2) is 6.77. The highest BCUT2D eigenvalue weighted by Crippen LogP contribution is 2.25.